The van der Waals surface area contributed by atoms with E-state index < -0.39 is 15.8 Å². The molecule has 0 aliphatic carbocycles. The van der Waals surface area contributed by atoms with Crippen LogP contribution in [0.5, 0.6) is 0 Å². The maximum absolute atomic E-state index is 13.4. The predicted octanol–water partition coefficient (Wildman–Crippen LogP) is 4.42. The van der Waals surface area contributed by atoms with Gasteiger partial charge in [-0.15, -0.1) is 0 Å². The van der Waals surface area contributed by atoms with E-state index in [-0.39, 0.29) is 38.8 Å². The van der Waals surface area contributed by atoms with E-state index in [2.05, 4.69) is 14.7 Å². The number of nitrogens with one attached hydrogen (secondary N) is 1. The summed E-state index contributed by atoms with van der Waals surface area (Å²) >= 11 is 5.71. The van der Waals surface area contributed by atoms with Gasteiger partial charge >= 0.3 is 0 Å². The highest BCUT2D eigenvalue weighted by molar-refractivity contribution is 7.92. The number of carbonyl (C=O) groups excluding carboxylic acids is 1. The van der Waals surface area contributed by atoms with Gasteiger partial charge in [0.25, 0.3) is 10.0 Å². The van der Waals surface area contributed by atoms with Crippen LogP contribution < -0.4 is 10.5 Å². The van der Waals surface area contributed by atoms with Crippen LogP contribution >= 0.6 is 11.6 Å². The Morgan fingerprint density at radius 1 is 1.18 bits per heavy atom. The highest BCUT2D eigenvalue weighted by atomic mass is 35.5. The van der Waals surface area contributed by atoms with Gasteiger partial charge < -0.3 is 10.3 Å². The Kier molecular flexibility index (Phi) is 5.81. The number of hydrogen-bond donors (Lipinski definition) is 2. The summed E-state index contributed by atoms with van der Waals surface area (Å²) in [5.41, 5.74) is 7.27. The van der Waals surface area contributed by atoms with E-state index in [1.54, 1.807) is 18.3 Å². The van der Waals surface area contributed by atoms with Crippen molar-refractivity contribution in [3.63, 3.8) is 0 Å². The van der Waals surface area contributed by atoms with Gasteiger partial charge in [-0.1, -0.05) is 23.7 Å². The highest BCUT2D eigenvalue weighted by Crippen LogP contribution is 2.29. The lowest BCUT2D eigenvalue weighted by Crippen LogP contribution is -2.13. The molecule has 0 amide bonds. The number of sulfonamides is 1. The summed E-state index contributed by atoms with van der Waals surface area (Å²) in [6.07, 6.45) is 3.00. The average molecular weight is 488 g/mol. The first-order chi connectivity index (χ1) is 15.6. The number of anilines is 2. The lowest BCUT2D eigenvalue weighted by Gasteiger charge is -2.10. The van der Waals surface area contributed by atoms with Crippen molar-refractivity contribution >= 4 is 49.9 Å². The van der Waals surface area contributed by atoms with Crippen LogP contribution in [0.25, 0.3) is 11.0 Å². The van der Waals surface area contributed by atoms with E-state index in [1.807, 2.05) is 18.4 Å². The number of nitrogen functional groups attached to an aromatic ring is 1. The van der Waals surface area contributed by atoms with Gasteiger partial charge in [0, 0.05) is 23.5 Å². The molecule has 4 rings (SSSR count). The standard InChI is InChI=1S/C22H19ClFN5O3S/c1-12(2)29-10-16(19-21(25)26-11-27-22(19)29)20(30)13-4-3-5-14(8-13)28-33(31,32)15-6-7-18(24)17(23)9-15/h3-12,28H,1-2H3,(H2,25,26,27). The second-order valence-corrected chi connectivity index (χ2v) is 9.68. The fraction of sp³-hybridized carbons (Fsp3) is 0.136. The largest absolute Gasteiger partial charge is 0.383 e. The summed E-state index contributed by atoms with van der Waals surface area (Å²) < 4.78 is 43.0. The van der Waals surface area contributed by atoms with Gasteiger partial charge in [-0.05, 0) is 44.2 Å². The van der Waals surface area contributed by atoms with Crippen LogP contribution in [0, 0.1) is 5.82 Å². The first kappa shape index (κ1) is 22.7. The number of rotatable bonds is 6. The Hall–Kier alpha value is -3.50. The zero-order valence-corrected chi connectivity index (χ0v) is 19.2. The molecule has 0 fully saturated rings. The fourth-order valence-electron chi connectivity index (χ4n) is 3.41. The van der Waals surface area contributed by atoms with Crippen molar-refractivity contribution in [1.29, 1.82) is 0 Å². The third-order valence-electron chi connectivity index (χ3n) is 5.02. The van der Waals surface area contributed by atoms with Gasteiger partial charge in [0.2, 0.25) is 0 Å². The molecule has 33 heavy (non-hydrogen) atoms. The maximum Gasteiger partial charge on any atom is 0.261 e. The molecule has 0 saturated heterocycles. The molecule has 170 valence electrons. The van der Waals surface area contributed by atoms with Gasteiger partial charge in [0.15, 0.2) is 5.78 Å². The van der Waals surface area contributed by atoms with E-state index in [0.717, 1.165) is 18.2 Å². The summed E-state index contributed by atoms with van der Waals surface area (Å²) in [4.78, 5) is 21.4. The van der Waals surface area contributed by atoms with Gasteiger partial charge in [-0.25, -0.2) is 22.8 Å². The molecule has 0 spiro atoms. The van der Waals surface area contributed by atoms with Crippen molar-refractivity contribution in [3.8, 4) is 0 Å². The van der Waals surface area contributed by atoms with Gasteiger partial charge in [-0.2, -0.15) is 0 Å². The molecule has 4 aromatic rings. The number of halogens is 2. The number of carbonyl (C=O) groups is 1. The smallest absolute Gasteiger partial charge is 0.261 e. The molecule has 11 heteroatoms. The monoisotopic (exact) mass is 487 g/mol. The number of hydrogen-bond acceptors (Lipinski definition) is 6. The molecule has 0 saturated carbocycles. The number of ketones is 1. The molecular weight excluding hydrogens is 469 g/mol. The van der Waals surface area contributed by atoms with Crippen LogP contribution in [-0.4, -0.2) is 28.7 Å². The lowest BCUT2D eigenvalue weighted by molar-refractivity contribution is 0.104. The number of benzene rings is 2. The fourth-order valence-corrected chi connectivity index (χ4v) is 4.73. The average Bonchev–Trinajstić information content (AvgIpc) is 3.16. The first-order valence-corrected chi connectivity index (χ1v) is 11.7. The molecule has 2 aromatic heterocycles. The molecule has 0 aliphatic heterocycles. The number of nitrogens with zero attached hydrogens (tertiary/aromatic N) is 3. The number of fused-ring (bicyclic) bond motifs is 1. The van der Waals surface area contributed by atoms with E-state index in [9.17, 15) is 17.6 Å². The van der Waals surface area contributed by atoms with Crippen molar-refractivity contribution in [2.45, 2.75) is 24.8 Å². The van der Waals surface area contributed by atoms with E-state index in [4.69, 9.17) is 17.3 Å². The zero-order valence-electron chi connectivity index (χ0n) is 17.6. The van der Waals surface area contributed by atoms with E-state index in [0.29, 0.717) is 16.6 Å². The summed E-state index contributed by atoms with van der Waals surface area (Å²) in [5, 5.41) is 0.117. The summed E-state index contributed by atoms with van der Waals surface area (Å²) in [6.45, 7) is 3.90. The minimum atomic E-state index is -4.06. The molecular formula is C22H19ClFN5O3S. The predicted molar refractivity (Wildman–Crippen MR) is 124 cm³/mol. The quantitative estimate of drug-likeness (QED) is 0.388. The van der Waals surface area contributed by atoms with Gasteiger partial charge in [0.05, 0.1) is 20.9 Å². The van der Waals surface area contributed by atoms with Crippen molar-refractivity contribution in [2.75, 3.05) is 10.5 Å². The Bertz CT molecular complexity index is 1500. The Labute approximate surface area is 194 Å². The van der Waals surface area contributed by atoms with E-state index in [1.165, 1.54) is 18.5 Å². The third-order valence-corrected chi connectivity index (χ3v) is 6.69. The molecule has 3 N–H and O–H groups in total. The lowest BCUT2D eigenvalue weighted by atomic mass is 10.0. The summed E-state index contributed by atoms with van der Waals surface area (Å²) in [6, 6.07) is 9.10. The first-order valence-electron chi connectivity index (χ1n) is 9.82. The molecule has 0 bridgehead atoms. The molecule has 2 aromatic carbocycles. The summed E-state index contributed by atoms with van der Waals surface area (Å²) in [5.74, 6) is -0.924. The van der Waals surface area contributed by atoms with Crippen molar-refractivity contribution < 1.29 is 17.6 Å². The molecule has 0 atom stereocenters. The third kappa shape index (κ3) is 4.27. The zero-order chi connectivity index (χ0) is 23.9. The Morgan fingerprint density at radius 2 is 1.94 bits per heavy atom. The van der Waals surface area contributed by atoms with Crippen LogP contribution in [0.1, 0.15) is 35.8 Å². The molecule has 0 aliphatic rings. The second kappa shape index (κ2) is 8.45. The van der Waals surface area contributed by atoms with Crippen LogP contribution in [0.15, 0.2) is 59.9 Å². The second-order valence-electron chi connectivity index (χ2n) is 7.59. The van der Waals surface area contributed by atoms with Crippen LogP contribution in [0.4, 0.5) is 15.9 Å². The topological polar surface area (TPSA) is 120 Å². The van der Waals surface area contributed by atoms with Crippen molar-refractivity contribution in [2.24, 2.45) is 0 Å². The number of aromatic nitrogens is 3. The van der Waals surface area contributed by atoms with Crippen LogP contribution in [0.2, 0.25) is 5.02 Å². The van der Waals surface area contributed by atoms with E-state index >= 15 is 0 Å². The van der Waals surface area contributed by atoms with Crippen molar-refractivity contribution in [1.82, 2.24) is 14.5 Å². The summed E-state index contributed by atoms with van der Waals surface area (Å²) in [7, 11) is -4.06. The SMILES string of the molecule is CC(C)n1cc(C(=O)c2cccc(NS(=O)(=O)c3ccc(F)c(Cl)c3)c2)c2c(N)ncnc21. The van der Waals surface area contributed by atoms with Crippen LogP contribution in [-0.2, 0) is 10.0 Å². The molecule has 2 heterocycles. The van der Waals surface area contributed by atoms with Crippen LogP contribution in [0.3, 0.4) is 0 Å². The minimum Gasteiger partial charge on any atom is -0.383 e. The van der Waals surface area contributed by atoms with Gasteiger partial charge in [-0.3, -0.25) is 9.52 Å². The molecule has 0 unspecified atom stereocenters. The Morgan fingerprint density at radius 3 is 2.64 bits per heavy atom. The molecule has 8 nitrogen and oxygen atoms in total. The molecule has 0 radical (unpaired) electrons. The van der Waals surface area contributed by atoms with Gasteiger partial charge in [0.1, 0.15) is 23.6 Å². The minimum absolute atomic E-state index is 0.0176. The maximum atomic E-state index is 13.4. The Balaban J connectivity index is 1.72. The highest BCUT2D eigenvalue weighted by Gasteiger charge is 2.22. The van der Waals surface area contributed by atoms with Crippen molar-refractivity contribution in [3.05, 3.63) is 77.0 Å². The normalized spacial score (nSPS) is 11.8. The number of nitrogens with two attached hydrogens (primary N) is 1.